The van der Waals surface area contributed by atoms with Crippen LogP contribution in [-0.2, 0) is 4.79 Å². The lowest BCUT2D eigenvalue weighted by atomic mass is 10.2. The van der Waals surface area contributed by atoms with Crippen LogP contribution in [0, 0.1) is 27.3 Å². The molecule has 0 aliphatic rings. The van der Waals surface area contributed by atoms with Crippen LogP contribution in [-0.4, -0.2) is 24.5 Å². The number of ether oxygens (including phenoxy) is 2. The Balaban J connectivity index is 2.06. The van der Waals surface area contributed by atoms with E-state index in [4.69, 9.17) is 14.7 Å². The van der Waals surface area contributed by atoms with Gasteiger partial charge in [-0.25, -0.2) is 4.39 Å². The predicted octanol–water partition coefficient (Wildman–Crippen LogP) is 2.63. The van der Waals surface area contributed by atoms with Crippen LogP contribution in [0.25, 0.3) is 0 Å². The molecule has 0 atom stereocenters. The Morgan fingerprint density at radius 3 is 2.72 bits per heavy atom. The van der Waals surface area contributed by atoms with Gasteiger partial charge >= 0.3 is 0 Å². The number of nitro groups is 1. The quantitative estimate of drug-likeness (QED) is 0.636. The maximum Gasteiger partial charge on any atom is 0.271 e. The fraction of sp³-hybridized carbons (Fsp3) is 0.125. The number of nitriles is 1. The van der Waals surface area contributed by atoms with Crippen molar-refractivity contribution < 1.29 is 23.6 Å². The number of nitrogens with zero attached hydrogens (tertiary/aromatic N) is 2. The second-order valence-corrected chi connectivity index (χ2v) is 4.74. The van der Waals surface area contributed by atoms with Crippen molar-refractivity contribution in [3.8, 4) is 17.6 Å². The minimum Gasteiger partial charge on any atom is -0.493 e. The number of carbonyl (C=O) groups excluding carboxylic acids is 1. The third-order valence-electron chi connectivity index (χ3n) is 3.09. The number of carbonyl (C=O) groups is 1. The van der Waals surface area contributed by atoms with Crippen molar-refractivity contribution in [1.29, 1.82) is 5.26 Å². The number of hydrogen-bond acceptors (Lipinski definition) is 6. The standard InChI is InChI=1S/C16H12FN3O5/c1-24-15-6-10(8-18)2-5-14(15)25-9-16(21)19-13-7-11(20(22)23)3-4-12(13)17/h2-7H,9H2,1H3,(H,19,21). The number of halogens is 1. The maximum absolute atomic E-state index is 13.6. The molecule has 25 heavy (non-hydrogen) atoms. The van der Waals surface area contributed by atoms with E-state index < -0.39 is 23.3 Å². The number of non-ortho nitro benzene ring substituents is 1. The summed E-state index contributed by atoms with van der Waals surface area (Å²) in [5, 5.41) is 21.7. The van der Waals surface area contributed by atoms with Gasteiger partial charge in [0.25, 0.3) is 11.6 Å². The van der Waals surface area contributed by atoms with Crippen molar-refractivity contribution in [1.82, 2.24) is 0 Å². The van der Waals surface area contributed by atoms with Crippen molar-refractivity contribution in [2.24, 2.45) is 0 Å². The molecule has 1 N–H and O–H groups in total. The number of nitro benzene ring substituents is 1. The Bertz CT molecular complexity index is 863. The van der Waals surface area contributed by atoms with Crippen LogP contribution in [0.2, 0.25) is 0 Å². The summed E-state index contributed by atoms with van der Waals surface area (Å²) in [5.41, 5.74) is -0.326. The molecule has 0 aliphatic heterocycles. The van der Waals surface area contributed by atoms with Gasteiger partial charge in [-0.2, -0.15) is 5.26 Å². The Hall–Kier alpha value is -3.67. The number of anilines is 1. The van der Waals surface area contributed by atoms with Gasteiger partial charge in [-0.15, -0.1) is 0 Å². The molecule has 0 aromatic heterocycles. The van der Waals surface area contributed by atoms with Gasteiger partial charge in [-0.3, -0.25) is 14.9 Å². The minimum absolute atomic E-state index is 0.219. The smallest absolute Gasteiger partial charge is 0.271 e. The zero-order chi connectivity index (χ0) is 18.4. The lowest BCUT2D eigenvalue weighted by molar-refractivity contribution is -0.384. The average molecular weight is 345 g/mol. The van der Waals surface area contributed by atoms with Crippen LogP contribution in [0.3, 0.4) is 0 Å². The Labute approximate surface area is 141 Å². The van der Waals surface area contributed by atoms with E-state index in [1.165, 1.54) is 25.3 Å². The average Bonchev–Trinajstić information content (AvgIpc) is 2.61. The van der Waals surface area contributed by atoms with Gasteiger partial charge in [0.15, 0.2) is 18.1 Å². The molecule has 9 heteroatoms. The summed E-state index contributed by atoms with van der Waals surface area (Å²) in [7, 11) is 1.38. The van der Waals surface area contributed by atoms with Crippen LogP contribution < -0.4 is 14.8 Å². The summed E-state index contributed by atoms with van der Waals surface area (Å²) < 4.78 is 24.0. The molecule has 0 aliphatic carbocycles. The van der Waals surface area contributed by atoms with Crippen LogP contribution in [0.5, 0.6) is 11.5 Å². The molecule has 2 aromatic rings. The third kappa shape index (κ3) is 4.42. The first kappa shape index (κ1) is 17.7. The predicted molar refractivity (Wildman–Crippen MR) is 84.9 cm³/mol. The van der Waals surface area contributed by atoms with E-state index in [1.807, 2.05) is 6.07 Å². The molecule has 0 radical (unpaired) electrons. The van der Waals surface area contributed by atoms with Crippen LogP contribution in [0.15, 0.2) is 36.4 Å². The summed E-state index contributed by atoms with van der Waals surface area (Å²) in [6.45, 7) is -0.482. The molecule has 0 heterocycles. The van der Waals surface area contributed by atoms with Crippen molar-refractivity contribution in [2.75, 3.05) is 19.0 Å². The molecular weight excluding hydrogens is 333 g/mol. The lowest BCUT2D eigenvalue weighted by Crippen LogP contribution is -2.21. The molecule has 0 unspecified atom stereocenters. The van der Waals surface area contributed by atoms with Crippen molar-refractivity contribution in [2.45, 2.75) is 0 Å². The van der Waals surface area contributed by atoms with Crippen molar-refractivity contribution in [3.05, 3.63) is 57.9 Å². The van der Waals surface area contributed by atoms with E-state index in [0.29, 0.717) is 5.56 Å². The van der Waals surface area contributed by atoms with Gasteiger partial charge in [0.05, 0.1) is 29.4 Å². The van der Waals surface area contributed by atoms with E-state index in [-0.39, 0.29) is 22.9 Å². The summed E-state index contributed by atoms with van der Waals surface area (Å²) in [6.07, 6.45) is 0. The first-order valence-electron chi connectivity index (χ1n) is 6.89. The van der Waals surface area contributed by atoms with Gasteiger partial charge in [0.2, 0.25) is 0 Å². The van der Waals surface area contributed by atoms with Gasteiger partial charge in [-0.05, 0) is 18.2 Å². The van der Waals surface area contributed by atoms with Gasteiger partial charge in [0, 0.05) is 18.2 Å². The molecule has 0 spiro atoms. The molecule has 0 saturated heterocycles. The Kier molecular flexibility index (Phi) is 5.47. The van der Waals surface area contributed by atoms with E-state index in [2.05, 4.69) is 5.32 Å². The van der Waals surface area contributed by atoms with E-state index in [1.54, 1.807) is 0 Å². The van der Waals surface area contributed by atoms with Crippen LogP contribution in [0.1, 0.15) is 5.56 Å². The normalized spacial score (nSPS) is 9.80. The summed E-state index contributed by atoms with van der Waals surface area (Å²) in [6, 6.07) is 9.10. The summed E-state index contributed by atoms with van der Waals surface area (Å²) in [5.74, 6) is -1.05. The molecule has 0 fully saturated rings. The monoisotopic (exact) mass is 345 g/mol. The highest BCUT2D eigenvalue weighted by Crippen LogP contribution is 2.28. The highest BCUT2D eigenvalue weighted by molar-refractivity contribution is 5.92. The zero-order valence-electron chi connectivity index (χ0n) is 13.0. The van der Waals surface area contributed by atoms with Crippen molar-refractivity contribution in [3.63, 3.8) is 0 Å². The highest BCUT2D eigenvalue weighted by Gasteiger charge is 2.14. The van der Waals surface area contributed by atoms with Crippen LogP contribution >= 0.6 is 0 Å². The Morgan fingerprint density at radius 1 is 1.32 bits per heavy atom. The fourth-order valence-corrected chi connectivity index (χ4v) is 1.91. The van der Waals surface area contributed by atoms with Crippen molar-refractivity contribution >= 4 is 17.3 Å². The number of amides is 1. The molecule has 128 valence electrons. The fourth-order valence-electron chi connectivity index (χ4n) is 1.91. The van der Waals surface area contributed by atoms with Crippen LogP contribution in [0.4, 0.5) is 15.8 Å². The topological polar surface area (TPSA) is 114 Å². The lowest BCUT2D eigenvalue weighted by Gasteiger charge is -2.11. The molecule has 0 bridgehead atoms. The molecule has 1 amide bonds. The zero-order valence-corrected chi connectivity index (χ0v) is 13.0. The highest BCUT2D eigenvalue weighted by atomic mass is 19.1. The molecule has 2 rings (SSSR count). The second kappa shape index (κ2) is 7.74. The molecule has 8 nitrogen and oxygen atoms in total. The summed E-state index contributed by atoms with van der Waals surface area (Å²) in [4.78, 5) is 21.9. The number of benzene rings is 2. The largest absolute Gasteiger partial charge is 0.493 e. The van der Waals surface area contributed by atoms with E-state index in [0.717, 1.165) is 18.2 Å². The SMILES string of the molecule is COc1cc(C#N)ccc1OCC(=O)Nc1cc([N+](=O)[O-])ccc1F. The molecule has 0 saturated carbocycles. The Morgan fingerprint density at radius 2 is 2.08 bits per heavy atom. The number of methoxy groups -OCH3 is 1. The number of hydrogen-bond donors (Lipinski definition) is 1. The van der Waals surface area contributed by atoms with Gasteiger partial charge in [0.1, 0.15) is 5.82 Å². The van der Waals surface area contributed by atoms with Gasteiger partial charge < -0.3 is 14.8 Å². The first-order valence-corrected chi connectivity index (χ1v) is 6.89. The van der Waals surface area contributed by atoms with Gasteiger partial charge in [-0.1, -0.05) is 0 Å². The number of rotatable bonds is 6. The third-order valence-corrected chi connectivity index (χ3v) is 3.09. The van der Waals surface area contributed by atoms with E-state index in [9.17, 15) is 19.3 Å². The first-order chi connectivity index (χ1) is 11.9. The molecule has 2 aromatic carbocycles. The second-order valence-electron chi connectivity index (χ2n) is 4.74. The minimum atomic E-state index is -0.810. The van der Waals surface area contributed by atoms with E-state index >= 15 is 0 Å². The number of nitrogens with one attached hydrogen (secondary N) is 1. The maximum atomic E-state index is 13.6. The summed E-state index contributed by atoms with van der Waals surface area (Å²) >= 11 is 0. The molecular formula is C16H12FN3O5.